The fraction of sp³-hybridized carbons (Fsp3) is 0.344. The van der Waals surface area contributed by atoms with Crippen molar-refractivity contribution in [3.63, 3.8) is 0 Å². The van der Waals surface area contributed by atoms with Crippen molar-refractivity contribution in [2.75, 3.05) is 0 Å². The number of nitrogens with zero attached hydrogens (tertiary/aromatic N) is 2. The van der Waals surface area contributed by atoms with E-state index in [-0.39, 0.29) is 67.1 Å². The summed E-state index contributed by atoms with van der Waals surface area (Å²) in [5.74, 6) is -2.18. The molecule has 9 nitrogen and oxygen atoms in total. The minimum atomic E-state index is -1.42. The molecule has 0 radical (unpaired) electrons. The molecule has 1 amide bonds. The monoisotopic (exact) mass is 617 g/mol. The number of benzene rings is 2. The Morgan fingerprint density at radius 2 is 1.55 bits per heavy atom. The zero-order chi connectivity index (χ0) is 31.3. The number of hydrogen-bond acceptors (Lipinski definition) is 7. The van der Waals surface area contributed by atoms with Gasteiger partial charge < -0.3 is 34.5 Å². The first-order valence-corrected chi connectivity index (χ1v) is 14.0. The average molecular weight is 618 g/mol. The fourth-order valence-electron chi connectivity index (χ4n) is 5.27. The molecule has 0 aliphatic carbocycles. The maximum absolute atomic E-state index is 14.0. The fourth-order valence-corrected chi connectivity index (χ4v) is 5.27. The van der Waals surface area contributed by atoms with E-state index in [4.69, 9.17) is 4.52 Å². The molecule has 0 unspecified atom stereocenters. The number of carboxylic acid groups (broad SMARTS) is 1. The second kappa shape index (κ2) is 15.6. The largest absolute Gasteiger partial charge is 1.00 e. The second-order valence-electron chi connectivity index (χ2n) is 10.8. The van der Waals surface area contributed by atoms with E-state index in [9.17, 15) is 33.7 Å². The van der Waals surface area contributed by atoms with Crippen LogP contribution in [-0.2, 0) is 17.8 Å². The molecule has 12 heteroatoms. The minimum Gasteiger partial charge on any atom is -0.550 e. The van der Waals surface area contributed by atoms with Crippen LogP contribution in [0.25, 0.3) is 22.3 Å². The van der Waals surface area contributed by atoms with Gasteiger partial charge in [-0.1, -0.05) is 29.4 Å². The van der Waals surface area contributed by atoms with Gasteiger partial charge in [0.25, 0.3) is 5.91 Å². The van der Waals surface area contributed by atoms with E-state index in [1.165, 1.54) is 24.3 Å². The summed E-state index contributed by atoms with van der Waals surface area (Å²) in [6.07, 6.45) is -2.80. The van der Waals surface area contributed by atoms with Gasteiger partial charge in [-0.05, 0) is 75.4 Å². The van der Waals surface area contributed by atoms with Gasteiger partial charge in [-0.2, -0.15) is 0 Å². The molecule has 2 heterocycles. The van der Waals surface area contributed by atoms with Crippen LogP contribution in [0, 0.1) is 18.6 Å². The van der Waals surface area contributed by atoms with Gasteiger partial charge in [0.15, 0.2) is 0 Å². The van der Waals surface area contributed by atoms with Crippen LogP contribution in [0.5, 0.6) is 0 Å². The summed E-state index contributed by atoms with van der Waals surface area (Å²) in [5.41, 5.74) is 3.70. The van der Waals surface area contributed by atoms with Crippen LogP contribution in [0.2, 0.25) is 0 Å². The summed E-state index contributed by atoms with van der Waals surface area (Å²) in [5, 5.41) is 38.4. The van der Waals surface area contributed by atoms with Gasteiger partial charge in [0.05, 0.1) is 18.8 Å². The van der Waals surface area contributed by atoms with Gasteiger partial charge in [-0.15, -0.1) is 0 Å². The Balaban J connectivity index is 0.00000529. The van der Waals surface area contributed by atoms with Gasteiger partial charge in [0.1, 0.15) is 28.8 Å². The number of aryl methyl sites for hydroxylation is 1. The number of carboxylic acids is 1. The third kappa shape index (κ3) is 8.64. The smallest absolute Gasteiger partial charge is 0.550 e. The SMILES string of the molecule is Cc1cc(CNC(=O)c2c(-c3ccc(F)cc3)c(-c3ccc(F)cc3)c(CC[C@@H](O)C[C@@H](O)CC(=O)[O-])n2C(C)C)no1.[Na+]. The predicted molar refractivity (Wildman–Crippen MR) is 153 cm³/mol. The van der Waals surface area contributed by atoms with Crippen LogP contribution in [0.15, 0.2) is 59.1 Å². The Morgan fingerprint density at radius 1 is 0.977 bits per heavy atom. The quantitative estimate of drug-likeness (QED) is 0.191. The van der Waals surface area contributed by atoms with Gasteiger partial charge in [0.2, 0.25) is 0 Å². The Labute approximate surface area is 276 Å². The molecule has 0 saturated heterocycles. The first-order valence-electron chi connectivity index (χ1n) is 14.0. The summed E-state index contributed by atoms with van der Waals surface area (Å²) < 4.78 is 35.0. The first-order chi connectivity index (χ1) is 20.4. The summed E-state index contributed by atoms with van der Waals surface area (Å²) in [6, 6.07) is 12.9. The molecule has 2 atom stereocenters. The van der Waals surface area contributed by atoms with E-state index >= 15 is 0 Å². The Morgan fingerprint density at radius 3 is 2.05 bits per heavy atom. The van der Waals surface area contributed by atoms with Crippen molar-refractivity contribution in [1.82, 2.24) is 15.0 Å². The number of aromatic nitrogens is 2. The van der Waals surface area contributed by atoms with Crippen LogP contribution >= 0.6 is 0 Å². The zero-order valence-electron chi connectivity index (χ0n) is 25.1. The molecule has 2 aromatic carbocycles. The molecule has 228 valence electrons. The number of amides is 1. The van der Waals surface area contributed by atoms with Crippen molar-refractivity contribution < 1.29 is 67.8 Å². The number of aliphatic hydroxyl groups is 2. The predicted octanol–water partition coefficient (Wildman–Crippen LogP) is 1.10. The number of nitrogens with one attached hydrogen (secondary N) is 1. The van der Waals surface area contributed by atoms with E-state index in [1.54, 1.807) is 37.3 Å². The number of carbonyl (C=O) groups is 2. The standard InChI is InChI=1S/C32H35F2N3O6.Na/c1-18(2)37-27(13-12-25(38)15-26(39)16-28(40)41)29(20-4-8-22(33)9-5-20)30(21-6-10-23(34)11-7-21)31(37)32(42)35-17-24-14-19(3)43-36-24;/h4-11,14,18,25-26,38-39H,12-13,15-17H2,1-3H3,(H,35,42)(H,40,41);/q;+1/p-1/t25-,26-;/m1./s1. The van der Waals surface area contributed by atoms with Crippen molar-refractivity contribution in [2.45, 2.75) is 71.2 Å². The Kier molecular flexibility index (Phi) is 12.4. The maximum Gasteiger partial charge on any atom is 1.00 e. The summed E-state index contributed by atoms with van der Waals surface area (Å²) in [4.78, 5) is 24.8. The molecule has 3 N–H and O–H groups in total. The molecule has 44 heavy (non-hydrogen) atoms. The molecule has 0 fully saturated rings. The van der Waals surface area contributed by atoms with Crippen molar-refractivity contribution in [1.29, 1.82) is 0 Å². The van der Waals surface area contributed by atoms with Crippen LogP contribution in [0.3, 0.4) is 0 Å². The van der Waals surface area contributed by atoms with Crippen LogP contribution in [0.1, 0.15) is 66.8 Å². The number of carbonyl (C=O) groups excluding carboxylic acids is 2. The number of aliphatic carboxylic acids is 1. The number of rotatable bonds is 13. The summed E-state index contributed by atoms with van der Waals surface area (Å²) in [7, 11) is 0. The molecule has 0 spiro atoms. The topological polar surface area (TPSA) is 141 Å². The number of halogens is 2. The van der Waals surface area contributed by atoms with Crippen LogP contribution < -0.4 is 40.0 Å². The number of hydrogen-bond donors (Lipinski definition) is 3. The molecule has 0 bridgehead atoms. The normalized spacial score (nSPS) is 12.5. The molecular weight excluding hydrogens is 583 g/mol. The molecule has 0 aliphatic rings. The van der Waals surface area contributed by atoms with Crippen molar-refractivity contribution >= 4 is 11.9 Å². The van der Waals surface area contributed by atoms with E-state index in [1.807, 2.05) is 18.4 Å². The van der Waals surface area contributed by atoms with E-state index < -0.39 is 42.1 Å². The van der Waals surface area contributed by atoms with Crippen molar-refractivity contribution in [3.8, 4) is 22.3 Å². The molecule has 2 aromatic heterocycles. The van der Waals surface area contributed by atoms with E-state index in [2.05, 4.69) is 10.5 Å². The van der Waals surface area contributed by atoms with Gasteiger partial charge in [-0.25, -0.2) is 8.78 Å². The molecule has 4 aromatic rings. The van der Waals surface area contributed by atoms with E-state index in [0.29, 0.717) is 39.4 Å². The Bertz CT molecular complexity index is 1570. The minimum absolute atomic E-state index is 0. The van der Waals surface area contributed by atoms with Crippen LogP contribution in [-0.4, -0.2) is 44.0 Å². The van der Waals surface area contributed by atoms with Gasteiger partial charge in [0, 0.05) is 41.3 Å². The first kappa shape index (κ1) is 35.1. The van der Waals surface area contributed by atoms with Crippen molar-refractivity contribution in [2.24, 2.45) is 0 Å². The third-order valence-corrected chi connectivity index (χ3v) is 7.07. The van der Waals surface area contributed by atoms with Crippen LogP contribution in [0.4, 0.5) is 8.78 Å². The second-order valence-corrected chi connectivity index (χ2v) is 10.8. The molecule has 0 saturated carbocycles. The van der Waals surface area contributed by atoms with Gasteiger partial charge >= 0.3 is 29.6 Å². The Hall–Kier alpha value is -3.35. The van der Waals surface area contributed by atoms with Crippen molar-refractivity contribution in [3.05, 3.63) is 89.1 Å². The zero-order valence-corrected chi connectivity index (χ0v) is 27.1. The third-order valence-electron chi connectivity index (χ3n) is 7.07. The molecular formula is C32H34F2N3NaO6. The summed E-state index contributed by atoms with van der Waals surface area (Å²) in [6.45, 7) is 5.61. The molecule has 4 rings (SSSR count). The average Bonchev–Trinajstić information content (AvgIpc) is 3.52. The number of aliphatic hydroxyl groups excluding tert-OH is 2. The van der Waals surface area contributed by atoms with E-state index in [0.717, 1.165) is 0 Å². The van der Waals surface area contributed by atoms with Gasteiger partial charge in [-0.3, -0.25) is 4.79 Å². The molecule has 0 aliphatic heterocycles. The maximum atomic E-state index is 14.0. The summed E-state index contributed by atoms with van der Waals surface area (Å²) >= 11 is 0.